The number of hydrogen-bond donors (Lipinski definition) is 2. The van der Waals surface area contributed by atoms with Crippen LogP contribution in [0.2, 0.25) is 0 Å². The summed E-state index contributed by atoms with van der Waals surface area (Å²) in [4.78, 5) is 12.1. The average molecular weight is 232 g/mol. The maximum absolute atomic E-state index is 12.1. The lowest BCUT2D eigenvalue weighted by Gasteiger charge is -2.38. The number of benzene rings is 1. The van der Waals surface area contributed by atoms with E-state index in [1.807, 2.05) is 31.3 Å². The largest absolute Gasteiger partial charge is 0.387 e. The van der Waals surface area contributed by atoms with Crippen LogP contribution in [0.1, 0.15) is 36.5 Å². The first-order chi connectivity index (χ1) is 8.14. The second kappa shape index (κ2) is 4.78. The van der Waals surface area contributed by atoms with E-state index in [4.69, 9.17) is 0 Å². The molecule has 1 aliphatic rings. The third kappa shape index (κ3) is 2.60. The molecule has 1 aromatic rings. The van der Waals surface area contributed by atoms with E-state index in [-0.39, 0.29) is 5.91 Å². The Balaban J connectivity index is 1.99. The molecule has 0 atom stereocenters. The summed E-state index contributed by atoms with van der Waals surface area (Å²) >= 11 is 0. The summed E-state index contributed by atoms with van der Waals surface area (Å²) in [6.07, 6.45) is 3.74. The molecule has 1 aromatic carbocycles. The molecule has 0 aromatic heterocycles. The van der Waals surface area contributed by atoms with Gasteiger partial charge in [0.2, 0.25) is 0 Å². The van der Waals surface area contributed by atoms with Crippen molar-refractivity contribution in [1.29, 1.82) is 0 Å². The molecule has 1 aliphatic carbocycles. The van der Waals surface area contributed by atoms with Gasteiger partial charge in [-0.1, -0.05) is 25.5 Å². The van der Waals surface area contributed by atoms with Crippen LogP contribution in [0.4, 0.5) is 5.69 Å². The Bertz CT molecular complexity index is 410. The minimum Gasteiger partial charge on any atom is -0.387 e. The van der Waals surface area contributed by atoms with Crippen LogP contribution in [-0.2, 0) is 0 Å². The molecule has 0 unspecified atom stereocenters. The summed E-state index contributed by atoms with van der Waals surface area (Å²) < 4.78 is 0. The Morgan fingerprint density at radius 2 is 2.06 bits per heavy atom. The standard InChI is InChI=1S/C14H20N2O/c1-14(8-5-9-14)10-16-13(17)11-6-3-4-7-12(11)15-2/h3-4,6-7,15H,5,8-10H2,1-2H3,(H,16,17). The number of carbonyl (C=O) groups is 1. The van der Waals surface area contributed by atoms with Crippen molar-refractivity contribution in [3.05, 3.63) is 29.8 Å². The van der Waals surface area contributed by atoms with Gasteiger partial charge in [0.25, 0.3) is 5.91 Å². The van der Waals surface area contributed by atoms with Crippen LogP contribution in [-0.4, -0.2) is 19.5 Å². The highest BCUT2D eigenvalue weighted by Crippen LogP contribution is 2.39. The highest BCUT2D eigenvalue weighted by atomic mass is 16.1. The molecular weight excluding hydrogens is 212 g/mol. The molecule has 92 valence electrons. The number of hydrogen-bond acceptors (Lipinski definition) is 2. The van der Waals surface area contributed by atoms with Crippen LogP contribution in [0.3, 0.4) is 0 Å². The van der Waals surface area contributed by atoms with Crippen molar-refractivity contribution in [2.45, 2.75) is 26.2 Å². The highest BCUT2D eigenvalue weighted by Gasteiger charge is 2.32. The molecule has 1 fully saturated rings. The Hall–Kier alpha value is -1.51. The monoisotopic (exact) mass is 232 g/mol. The lowest BCUT2D eigenvalue weighted by molar-refractivity contribution is 0.0891. The molecule has 0 heterocycles. The topological polar surface area (TPSA) is 41.1 Å². The summed E-state index contributed by atoms with van der Waals surface area (Å²) in [5.74, 6) is 0.0167. The Labute approximate surface area is 103 Å². The number of carbonyl (C=O) groups excluding carboxylic acids is 1. The molecule has 3 nitrogen and oxygen atoms in total. The molecule has 0 radical (unpaired) electrons. The molecule has 0 spiro atoms. The fourth-order valence-corrected chi connectivity index (χ4v) is 2.25. The molecule has 0 bridgehead atoms. The van der Waals surface area contributed by atoms with E-state index in [2.05, 4.69) is 17.6 Å². The van der Waals surface area contributed by atoms with Crippen LogP contribution in [0, 0.1) is 5.41 Å². The maximum Gasteiger partial charge on any atom is 0.253 e. The van der Waals surface area contributed by atoms with Gasteiger partial charge in [0.05, 0.1) is 5.56 Å². The molecule has 17 heavy (non-hydrogen) atoms. The van der Waals surface area contributed by atoms with Gasteiger partial charge in [0, 0.05) is 19.3 Å². The second-order valence-electron chi connectivity index (χ2n) is 5.14. The summed E-state index contributed by atoms with van der Waals surface area (Å²) in [6.45, 7) is 3.02. The van der Waals surface area contributed by atoms with Crippen LogP contribution in [0.5, 0.6) is 0 Å². The third-order valence-electron chi connectivity index (χ3n) is 3.68. The van der Waals surface area contributed by atoms with Crippen molar-refractivity contribution < 1.29 is 4.79 Å². The smallest absolute Gasteiger partial charge is 0.253 e. The first kappa shape index (κ1) is 12.0. The average Bonchev–Trinajstić information content (AvgIpc) is 2.33. The minimum absolute atomic E-state index is 0.0167. The summed E-state index contributed by atoms with van der Waals surface area (Å²) in [5.41, 5.74) is 1.92. The number of rotatable bonds is 4. The second-order valence-corrected chi connectivity index (χ2v) is 5.14. The van der Waals surface area contributed by atoms with Crippen LogP contribution >= 0.6 is 0 Å². The van der Waals surface area contributed by atoms with Gasteiger partial charge in [-0.2, -0.15) is 0 Å². The predicted molar refractivity (Wildman–Crippen MR) is 70.3 cm³/mol. The molecule has 0 aliphatic heterocycles. The Kier molecular flexibility index (Phi) is 3.36. The van der Waals surface area contributed by atoms with Crippen molar-refractivity contribution in [3.8, 4) is 0 Å². The lowest BCUT2D eigenvalue weighted by atomic mass is 9.70. The summed E-state index contributed by atoms with van der Waals surface area (Å²) in [7, 11) is 1.83. The van der Waals surface area contributed by atoms with Gasteiger partial charge in [-0.05, 0) is 30.4 Å². The molecule has 1 saturated carbocycles. The van der Waals surface area contributed by atoms with Crippen molar-refractivity contribution in [1.82, 2.24) is 5.32 Å². The number of anilines is 1. The molecule has 2 N–H and O–H groups in total. The third-order valence-corrected chi connectivity index (χ3v) is 3.68. The molecule has 3 heteroatoms. The first-order valence-corrected chi connectivity index (χ1v) is 6.20. The number of amides is 1. The maximum atomic E-state index is 12.1. The lowest BCUT2D eigenvalue weighted by Crippen LogP contribution is -2.40. The zero-order valence-electron chi connectivity index (χ0n) is 10.5. The van der Waals surface area contributed by atoms with Gasteiger partial charge < -0.3 is 10.6 Å². The summed E-state index contributed by atoms with van der Waals surface area (Å²) in [6, 6.07) is 7.58. The Morgan fingerprint density at radius 1 is 1.35 bits per heavy atom. The van der Waals surface area contributed by atoms with E-state index in [9.17, 15) is 4.79 Å². The zero-order valence-corrected chi connectivity index (χ0v) is 10.5. The number of nitrogens with one attached hydrogen (secondary N) is 2. The van der Waals surface area contributed by atoms with Crippen LogP contribution in [0.15, 0.2) is 24.3 Å². The van der Waals surface area contributed by atoms with Crippen molar-refractivity contribution in [3.63, 3.8) is 0 Å². The van der Waals surface area contributed by atoms with Crippen molar-refractivity contribution in [2.24, 2.45) is 5.41 Å². The quantitative estimate of drug-likeness (QED) is 0.838. The van der Waals surface area contributed by atoms with Crippen molar-refractivity contribution >= 4 is 11.6 Å². The molecular formula is C14H20N2O. The number of para-hydroxylation sites is 1. The van der Waals surface area contributed by atoms with Crippen LogP contribution in [0.25, 0.3) is 0 Å². The van der Waals surface area contributed by atoms with Gasteiger partial charge >= 0.3 is 0 Å². The normalized spacial score (nSPS) is 17.1. The van der Waals surface area contributed by atoms with Gasteiger partial charge in [-0.3, -0.25) is 4.79 Å². The van der Waals surface area contributed by atoms with Gasteiger partial charge in [-0.15, -0.1) is 0 Å². The minimum atomic E-state index is 0.0167. The zero-order chi connectivity index (χ0) is 12.3. The predicted octanol–water partition coefficient (Wildman–Crippen LogP) is 2.65. The van der Waals surface area contributed by atoms with E-state index in [1.54, 1.807) is 0 Å². The van der Waals surface area contributed by atoms with E-state index in [0.717, 1.165) is 17.8 Å². The summed E-state index contributed by atoms with van der Waals surface area (Å²) in [5, 5.41) is 6.08. The van der Waals surface area contributed by atoms with Crippen LogP contribution < -0.4 is 10.6 Å². The molecule has 0 saturated heterocycles. The van der Waals surface area contributed by atoms with E-state index in [1.165, 1.54) is 19.3 Å². The van der Waals surface area contributed by atoms with E-state index in [0.29, 0.717) is 5.41 Å². The van der Waals surface area contributed by atoms with Crippen molar-refractivity contribution in [2.75, 3.05) is 18.9 Å². The van der Waals surface area contributed by atoms with Gasteiger partial charge in [0.1, 0.15) is 0 Å². The van der Waals surface area contributed by atoms with Gasteiger partial charge in [0.15, 0.2) is 0 Å². The fourth-order valence-electron chi connectivity index (χ4n) is 2.25. The molecule has 1 amide bonds. The highest BCUT2D eigenvalue weighted by molar-refractivity contribution is 5.99. The SMILES string of the molecule is CNc1ccccc1C(=O)NCC1(C)CCC1. The van der Waals surface area contributed by atoms with E-state index < -0.39 is 0 Å². The molecule has 2 rings (SSSR count). The Morgan fingerprint density at radius 3 is 2.65 bits per heavy atom. The fraction of sp³-hybridized carbons (Fsp3) is 0.500. The van der Waals surface area contributed by atoms with Gasteiger partial charge in [-0.25, -0.2) is 0 Å². The van der Waals surface area contributed by atoms with E-state index >= 15 is 0 Å². The first-order valence-electron chi connectivity index (χ1n) is 6.20.